The summed E-state index contributed by atoms with van der Waals surface area (Å²) < 4.78 is 18.7. The fourth-order valence-corrected chi connectivity index (χ4v) is 1.52. The molecule has 1 aromatic heterocycles. The lowest BCUT2D eigenvalue weighted by atomic mass is 10.2. The second-order valence-electron chi connectivity index (χ2n) is 3.86. The van der Waals surface area contributed by atoms with Crippen molar-refractivity contribution in [2.24, 2.45) is 0 Å². The van der Waals surface area contributed by atoms with E-state index < -0.39 is 11.8 Å². The molecule has 6 heteroatoms. The zero-order valence-corrected chi connectivity index (χ0v) is 10.2. The van der Waals surface area contributed by atoms with Crippen molar-refractivity contribution in [2.45, 2.75) is 6.61 Å². The minimum absolute atomic E-state index is 0.0119. The Balaban J connectivity index is 2.11. The van der Waals surface area contributed by atoms with Crippen LogP contribution in [0.25, 0.3) is 0 Å². The Bertz CT molecular complexity index is 678. The average Bonchev–Trinajstić information content (AvgIpc) is 2.45. The molecule has 0 aliphatic rings. The Morgan fingerprint density at radius 2 is 2.20 bits per heavy atom. The largest absolute Gasteiger partial charge is 0.486 e. The Hall–Kier alpha value is -2.94. The molecule has 1 N–H and O–H groups in total. The van der Waals surface area contributed by atoms with Gasteiger partial charge in [0, 0.05) is 6.20 Å². The van der Waals surface area contributed by atoms with E-state index in [1.165, 1.54) is 36.5 Å². The molecule has 20 heavy (non-hydrogen) atoms. The van der Waals surface area contributed by atoms with Crippen LogP contribution in [0, 0.1) is 17.1 Å². The van der Waals surface area contributed by atoms with Crippen LogP contribution in [0.5, 0.6) is 5.75 Å². The number of carbonyl (C=O) groups is 1. The summed E-state index contributed by atoms with van der Waals surface area (Å²) in [6.07, 6.45) is 1.21. The zero-order chi connectivity index (χ0) is 14.5. The predicted octanol–water partition coefficient (Wildman–Crippen LogP) is 2.37. The topological polar surface area (TPSA) is 83.2 Å². The van der Waals surface area contributed by atoms with Crippen LogP contribution < -0.4 is 4.74 Å². The number of rotatable bonds is 4. The van der Waals surface area contributed by atoms with Gasteiger partial charge in [-0.1, -0.05) is 6.07 Å². The summed E-state index contributed by atoms with van der Waals surface area (Å²) in [5, 5.41) is 17.6. The number of carboxylic acid groups (broad SMARTS) is 1. The van der Waals surface area contributed by atoms with Gasteiger partial charge in [-0.2, -0.15) is 5.26 Å². The van der Waals surface area contributed by atoms with Gasteiger partial charge >= 0.3 is 5.97 Å². The van der Waals surface area contributed by atoms with E-state index in [2.05, 4.69) is 4.98 Å². The van der Waals surface area contributed by atoms with E-state index in [1.54, 1.807) is 6.07 Å². The molecular weight excluding hydrogens is 263 g/mol. The van der Waals surface area contributed by atoms with E-state index in [0.29, 0.717) is 5.69 Å². The van der Waals surface area contributed by atoms with Gasteiger partial charge in [-0.05, 0) is 24.3 Å². The fourth-order valence-electron chi connectivity index (χ4n) is 1.52. The maximum atomic E-state index is 13.3. The monoisotopic (exact) mass is 272 g/mol. The van der Waals surface area contributed by atoms with Crippen molar-refractivity contribution in [1.29, 1.82) is 5.26 Å². The van der Waals surface area contributed by atoms with Gasteiger partial charge in [0.2, 0.25) is 0 Å². The van der Waals surface area contributed by atoms with Gasteiger partial charge in [0.05, 0.1) is 11.3 Å². The maximum Gasteiger partial charge on any atom is 0.337 e. The van der Waals surface area contributed by atoms with Crippen LogP contribution in [0.1, 0.15) is 21.6 Å². The van der Waals surface area contributed by atoms with Gasteiger partial charge in [0.1, 0.15) is 29.8 Å². The van der Waals surface area contributed by atoms with Gasteiger partial charge in [-0.15, -0.1) is 0 Å². The molecular formula is C14H9FN2O3. The molecule has 0 atom stereocenters. The smallest absolute Gasteiger partial charge is 0.337 e. The number of nitriles is 1. The van der Waals surface area contributed by atoms with Crippen LogP contribution in [-0.2, 0) is 6.61 Å². The minimum atomic E-state index is -1.07. The highest BCUT2D eigenvalue weighted by Gasteiger charge is 2.09. The molecule has 0 spiro atoms. The third kappa shape index (κ3) is 2.90. The number of hydrogen-bond acceptors (Lipinski definition) is 4. The lowest BCUT2D eigenvalue weighted by Crippen LogP contribution is -2.03. The minimum Gasteiger partial charge on any atom is -0.486 e. The van der Waals surface area contributed by atoms with E-state index in [-0.39, 0.29) is 23.5 Å². The Morgan fingerprint density at radius 3 is 2.80 bits per heavy atom. The van der Waals surface area contributed by atoms with Crippen molar-refractivity contribution in [1.82, 2.24) is 4.98 Å². The van der Waals surface area contributed by atoms with Crippen molar-refractivity contribution >= 4 is 5.97 Å². The van der Waals surface area contributed by atoms with Crippen LogP contribution in [-0.4, -0.2) is 16.1 Å². The molecule has 1 aromatic carbocycles. The normalized spacial score (nSPS) is 9.80. The number of pyridine rings is 1. The van der Waals surface area contributed by atoms with Crippen LogP contribution in [0.15, 0.2) is 36.5 Å². The first-order valence-electron chi connectivity index (χ1n) is 5.61. The number of benzene rings is 1. The van der Waals surface area contributed by atoms with E-state index >= 15 is 0 Å². The molecule has 2 rings (SSSR count). The van der Waals surface area contributed by atoms with Gasteiger partial charge in [0.15, 0.2) is 0 Å². The summed E-state index contributed by atoms with van der Waals surface area (Å²) in [6, 6.07) is 8.70. The number of aromatic nitrogens is 1. The SMILES string of the molecule is N#Cc1c(F)cccc1OCc1ccc(C(=O)O)cn1. The van der Waals surface area contributed by atoms with E-state index in [0.717, 1.165) is 0 Å². The van der Waals surface area contributed by atoms with Crippen LogP contribution in [0.4, 0.5) is 4.39 Å². The number of halogens is 1. The number of hydrogen-bond donors (Lipinski definition) is 1. The summed E-state index contributed by atoms with van der Waals surface area (Å²) in [7, 11) is 0. The van der Waals surface area contributed by atoms with E-state index in [4.69, 9.17) is 15.1 Å². The summed E-state index contributed by atoms with van der Waals surface area (Å²) in [6.45, 7) is 0.0119. The molecule has 0 aliphatic carbocycles. The summed E-state index contributed by atoms with van der Waals surface area (Å²) >= 11 is 0. The Kier molecular flexibility index (Phi) is 3.91. The van der Waals surface area contributed by atoms with Crippen LogP contribution in [0.3, 0.4) is 0 Å². The van der Waals surface area contributed by atoms with Crippen molar-refractivity contribution in [3.8, 4) is 11.8 Å². The number of ether oxygens (including phenoxy) is 1. The molecule has 100 valence electrons. The predicted molar refractivity (Wildman–Crippen MR) is 66.6 cm³/mol. The first-order valence-corrected chi connectivity index (χ1v) is 5.61. The van der Waals surface area contributed by atoms with Gasteiger partial charge in [-0.25, -0.2) is 9.18 Å². The van der Waals surface area contributed by atoms with E-state index in [1.807, 2.05) is 0 Å². The first kappa shape index (κ1) is 13.5. The van der Waals surface area contributed by atoms with Gasteiger partial charge < -0.3 is 9.84 Å². The fraction of sp³-hybridized carbons (Fsp3) is 0.0714. The number of aromatic carboxylic acids is 1. The van der Waals surface area contributed by atoms with Crippen molar-refractivity contribution in [2.75, 3.05) is 0 Å². The summed E-state index contributed by atoms with van der Waals surface area (Å²) in [5.74, 6) is -1.60. The molecule has 1 heterocycles. The highest BCUT2D eigenvalue weighted by molar-refractivity contribution is 5.87. The third-order valence-electron chi connectivity index (χ3n) is 2.53. The molecule has 0 saturated carbocycles. The zero-order valence-electron chi connectivity index (χ0n) is 10.2. The maximum absolute atomic E-state index is 13.3. The Labute approximate surface area is 113 Å². The van der Waals surface area contributed by atoms with Crippen molar-refractivity contribution in [3.05, 3.63) is 59.2 Å². The second kappa shape index (κ2) is 5.80. The molecule has 5 nitrogen and oxygen atoms in total. The first-order chi connectivity index (χ1) is 9.61. The lowest BCUT2D eigenvalue weighted by molar-refractivity contribution is 0.0696. The highest BCUT2D eigenvalue weighted by atomic mass is 19.1. The molecule has 0 radical (unpaired) electrons. The number of nitrogens with zero attached hydrogens (tertiary/aromatic N) is 2. The van der Waals surface area contributed by atoms with Gasteiger partial charge in [0.25, 0.3) is 0 Å². The molecule has 2 aromatic rings. The standard InChI is InChI=1S/C14H9FN2O3/c15-12-2-1-3-13(11(12)6-16)20-8-10-5-4-9(7-17-10)14(18)19/h1-5,7H,8H2,(H,18,19). The molecule has 0 saturated heterocycles. The number of carboxylic acids is 1. The van der Waals surface area contributed by atoms with Crippen LogP contribution >= 0.6 is 0 Å². The molecule has 0 fully saturated rings. The van der Waals surface area contributed by atoms with Crippen molar-refractivity contribution in [3.63, 3.8) is 0 Å². The molecule has 0 amide bonds. The molecule has 0 unspecified atom stereocenters. The molecule has 0 bridgehead atoms. The van der Waals surface area contributed by atoms with Gasteiger partial charge in [-0.3, -0.25) is 4.98 Å². The summed E-state index contributed by atoms with van der Waals surface area (Å²) in [5.41, 5.74) is 0.370. The lowest BCUT2D eigenvalue weighted by Gasteiger charge is -2.07. The summed E-state index contributed by atoms with van der Waals surface area (Å²) in [4.78, 5) is 14.6. The average molecular weight is 272 g/mol. The second-order valence-corrected chi connectivity index (χ2v) is 3.86. The van der Waals surface area contributed by atoms with Crippen LogP contribution in [0.2, 0.25) is 0 Å². The quantitative estimate of drug-likeness (QED) is 0.923. The highest BCUT2D eigenvalue weighted by Crippen LogP contribution is 2.21. The molecule has 0 aliphatic heterocycles. The Morgan fingerprint density at radius 1 is 1.40 bits per heavy atom. The van der Waals surface area contributed by atoms with Crippen molar-refractivity contribution < 1.29 is 19.0 Å². The third-order valence-corrected chi connectivity index (χ3v) is 2.53. The van der Waals surface area contributed by atoms with E-state index in [9.17, 15) is 9.18 Å².